The van der Waals surface area contributed by atoms with Crippen molar-refractivity contribution in [2.75, 3.05) is 20.6 Å². The van der Waals surface area contributed by atoms with E-state index in [1.165, 1.54) is 18.5 Å². The molecular weight excluding hydrogens is 528 g/mol. The first-order valence-corrected chi connectivity index (χ1v) is 12.2. The number of nitrogens with one attached hydrogen (secondary N) is 1. The first kappa shape index (κ1) is 27.0. The molecule has 5 rings (SSSR count). The smallest absolute Gasteiger partial charge is 0.420 e. The van der Waals surface area contributed by atoms with Crippen molar-refractivity contribution >= 4 is 17.0 Å². The van der Waals surface area contributed by atoms with Gasteiger partial charge in [-0.05, 0) is 49.0 Å². The predicted octanol–water partition coefficient (Wildman–Crippen LogP) is 5.29. The zero-order valence-electron chi connectivity index (χ0n) is 21.8. The van der Waals surface area contributed by atoms with Crippen LogP contribution in [-0.4, -0.2) is 51.2 Å². The third-order valence-corrected chi connectivity index (χ3v) is 6.19. The van der Waals surface area contributed by atoms with Gasteiger partial charge in [-0.2, -0.15) is 13.2 Å². The average Bonchev–Trinajstić information content (AvgIpc) is 3.52. The summed E-state index contributed by atoms with van der Waals surface area (Å²) in [6.45, 7) is -0.0831. The maximum atomic E-state index is 15.6. The molecule has 0 atom stereocenters. The lowest BCUT2D eigenvalue weighted by molar-refractivity contribution is -0.136. The van der Waals surface area contributed by atoms with Crippen molar-refractivity contribution in [2.45, 2.75) is 12.7 Å². The Morgan fingerprint density at radius 1 is 1.07 bits per heavy atom. The van der Waals surface area contributed by atoms with Crippen LogP contribution in [0.3, 0.4) is 0 Å². The zero-order valence-corrected chi connectivity index (χ0v) is 21.8. The molecule has 2 heterocycles. The number of likely N-dealkylation sites (N-methyl/N-ethyl adjacent to an activating group) is 1. The molecule has 0 bridgehead atoms. The van der Waals surface area contributed by atoms with Crippen LogP contribution < -0.4 is 5.32 Å². The molecule has 5 aromatic rings. The van der Waals surface area contributed by atoms with E-state index in [2.05, 4.69) is 20.5 Å². The number of nitrogens with zero attached hydrogens (tertiary/aromatic N) is 5. The van der Waals surface area contributed by atoms with Gasteiger partial charge in [-0.1, -0.05) is 36.4 Å². The lowest BCUT2D eigenvalue weighted by Gasteiger charge is -2.14. The highest BCUT2D eigenvalue weighted by atomic mass is 19.4. The van der Waals surface area contributed by atoms with E-state index in [0.29, 0.717) is 5.56 Å². The molecule has 40 heavy (non-hydrogen) atoms. The minimum Gasteiger partial charge on any atom is -0.435 e. The Bertz CT molecular complexity index is 1690. The van der Waals surface area contributed by atoms with Gasteiger partial charge in [0.25, 0.3) is 0 Å². The Morgan fingerprint density at radius 3 is 2.48 bits per heavy atom. The number of oxazole rings is 1. The highest BCUT2D eigenvalue weighted by Gasteiger charge is 2.36. The molecule has 206 valence electrons. The van der Waals surface area contributed by atoms with Crippen LogP contribution >= 0.6 is 0 Å². The van der Waals surface area contributed by atoms with Crippen LogP contribution in [-0.2, 0) is 24.6 Å². The predicted molar refractivity (Wildman–Crippen MR) is 140 cm³/mol. The SMILES string of the molecule is CN(C)CC(=O)NCc1cc(C(F)(F)F)c2oc(-c3c(F)ccc(-c4ccccc4)c3-c3nncn3C)nc2c1. The van der Waals surface area contributed by atoms with Gasteiger partial charge in [0.2, 0.25) is 11.8 Å². The van der Waals surface area contributed by atoms with Crippen molar-refractivity contribution in [3.63, 3.8) is 0 Å². The first-order chi connectivity index (χ1) is 19.0. The van der Waals surface area contributed by atoms with Crippen LogP contribution in [0.15, 0.2) is 65.3 Å². The third kappa shape index (κ3) is 5.30. The van der Waals surface area contributed by atoms with E-state index in [0.717, 1.165) is 11.6 Å². The van der Waals surface area contributed by atoms with Gasteiger partial charge in [0.15, 0.2) is 11.4 Å². The number of rotatable bonds is 7. The van der Waals surface area contributed by atoms with E-state index in [1.54, 1.807) is 36.7 Å². The molecule has 0 aliphatic heterocycles. The lowest BCUT2D eigenvalue weighted by atomic mass is 9.94. The Morgan fingerprint density at radius 2 is 1.82 bits per heavy atom. The van der Waals surface area contributed by atoms with Crippen molar-refractivity contribution < 1.29 is 26.8 Å². The molecule has 3 aromatic carbocycles. The molecular formula is C28H24F4N6O2. The number of hydrogen-bond acceptors (Lipinski definition) is 6. The van der Waals surface area contributed by atoms with Gasteiger partial charge in [0.1, 0.15) is 23.2 Å². The molecule has 1 N–H and O–H groups in total. The van der Waals surface area contributed by atoms with Crippen molar-refractivity contribution in [1.82, 2.24) is 30.0 Å². The minimum atomic E-state index is -4.80. The Hall–Kier alpha value is -4.58. The summed E-state index contributed by atoms with van der Waals surface area (Å²) in [5, 5.41) is 10.6. The Balaban J connectivity index is 1.70. The van der Waals surface area contributed by atoms with E-state index in [9.17, 15) is 18.0 Å². The second kappa shape index (κ2) is 10.5. The van der Waals surface area contributed by atoms with E-state index in [4.69, 9.17) is 4.42 Å². The second-order valence-electron chi connectivity index (χ2n) is 9.50. The average molecular weight is 553 g/mol. The standard InChI is InChI=1S/C28H24F4N6O2/c1-37(2)14-22(39)33-13-16-11-19(28(30,31)32)25-21(12-16)35-27(40-25)24-20(29)10-9-18(17-7-5-4-6-8-17)23(24)26-36-34-15-38(26)3/h4-12,15H,13-14H2,1-3H3,(H,33,39). The van der Waals surface area contributed by atoms with E-state index in [1.807, 2.05) is 30.3 Å². The highest BCUT2D eigenvalue weighted by Crippen LogP contribution is 2.43. The molecule has 0 saturated heterocycles. The normalized spacial score (nSPS) is 11.9. The first-order valence-electron chi connectivity index (χ1n) is 12.2. The van der Waals surface area contributed by atoms with Crippen molar-refractivity contribution in [1.29, 1.82) is 0 Å². The molecule has 0 unspecified atom stereocenters. The number of aromatic nitrogens is 4. The number of hydrogen-bond donors (Lipinski definition) is 1. The van der Waals surface area contributed by atoms with Gasteiger partial charge < -0.3 is 19.2 Å². The molecule has 1 amide bonds. The highest BCUT2D eigenvalue weighted by molar-refractivity contribution is 5.92. The monoisotopic (exact) mass is 552 g/mol. The fourth-order valence-corrected chi connectivity index (χ4v) is 4.44. The van der Waals surface area contributed by atoms with Crippen LogP contribution in [0.1, 0.15) is 11.1 Å². The van der Waals surface area contributed by atoms with Crippen LogP contribution in [0.5, 0.6) is 0 Å². The largest absolute Gasteiger partial charge is 0.435 e. The molecule has 0 fully saturated rings. The molecule has 0 saturated carbocycles. The number of benzene rings is 3. The van der Waals surface area contributed by atoms with Gasteiger partial charge in [0.05, 0.1) is 12.1 Å². The summed E-state index contributed by atoms with van der Waals surface area (Å²) in [7, 11) is 5.07. The fourth-order valence-electron chi connectivity index (χ4n) is 4.44. The summed E-state index contributed by atoms with van der Waals surface area (Å²) in [6.07, 6.45) is -3.36. The summed E-state index contributed by atoms with van der Waals surface area (Å²) >= 11 is 0. The summed E-state index contributed by atoms with van der Waals surface area (Å²) < 4.78 is 65.2. The molecule has 2 aromatic heterocycles. The van der Waals surface area contributed by atoms with Crippen molar-refractivity contribution in [2.24, 2.45) is 7.05 Å². The minimum absolute atomic E-state index is 0.0737. The topological polar surface area (TPSA) is 89.1 Å². The quantitative estimate of drug-likeness (QED) is 0.276. The molecule has 0 radical (unpaired) electrons. The molecule has 0 spiro atoms. The lowest BCUT2D eigenvalue weighted by Crippen LogP contribution is -2.32. The fraction of sp³-hybridized carbons (Fsp3) is 0.214. The van der Waals surface area contributed by atoms with Gasteiger partial charge in [0, 0.05) is 19.2 Å². The molecule has 8 nitrogen and oxygen atoms in total. The number of alkyl halides is 3. The summed E-state index contributed by atoms with van der Waals surface area (Å²) in [4.78, 5) is 18.0. The maximum Gasteiger partial charge on any atom is 0.420 e. The number of carbonyl (C=O) groups is 1. The number of fused-ring (bicyclic) bond motifs is 1. The Labute approximate surface area is 226 Å². The van der Waals surface area contributed by atoms with Crippen LogP contribution in [0.2, 0.25) is 0 Å². The third-order valence-electron chi connectivity index (χ3n) is 6.19. The number of carbonyl (C=O) groups excluding carboxylic acids is 1. The summed E-state index contributed by atoms with van der Waals surface area (Å²) in [6, 6.07) is 14.2. The van der Waals surface area contributed by atoms with Gasteiger partial charge in [-0.15, -0.1) is 10.2 Å². The number of amides is 1. The van der Waals surface area contributed by atoms with Crippen LogP contribution in [0.4, 0.5) is 17.6 Å². The molecule has 0 aliphatic rings. The Kier molecular flexibility index (Phi) is 7.11. The maximum absolute atomic E-state index is 15.6. The molecule has 12 heteroatoms. The van der Waals surface area contributed by atoms with Gasteiger partial charge >= 0.3 is 6.18 Å². The van der Waals surface area contributed by atoms with E-state index < -0.39 is 23.1 Å². The van der Waals surface area contributed by atoms with E-state index in [-0.39, 0.29) is 52.9 Å². The van der Waals surface area contributed by atoms with Crippen LogP contribution in [0, 0.1) is 5.82 Å². The van der Waals surface area contributed by atoms with Gasteiger partial charge in [-0.3, -0.25) is 4.79 Å². The molecule has 0 aliphatic carbocycles. The second-order valence-corrected chi connectivity index (χ2v) is 9.50. The number of aryl methyl sites for hydroxylation is 1. The van der Waals surface area contributed by atoms with Crippen molar-refractivity contribution in [3.05, 3.63) is 77.9 Å². The van der Waals surface area contributed by atoms with Crippen molar-refractivity contribution in [3.8, 4) is 34.0 Å². The zero-order chi connectivity index (χ0) is 28.6. The number of halogens is 4. The van der Waals surface area contributed by atoms with Gasteiger partial charge in [-0.25, -0.2) is 9.37 Å². The summed E-state index contributed by atoms with van der Waals surface area (Å²) in [5.41, 5.74) is -0.181. The summed E-state index contributed by atoms with van der Waals surface area (Å²) in [5.74, 6) is -1.18. The van der Waals surface area contributed by atoms with E-state index >= 15 is 4.39 Å². The van der Waals surface area contributed by atoms with Crippen LogP contribution in [0.25, 0.3) is 45.1 Å².